The van der Waals surface area contributed by atoms with Gasteiger partial charge in [0, 0.05) is 12.1 Å². The van der Waals surface area contributed by atoms with Crippen molar-refractivity contribution in [2.45, 2.75) is 42.7 Å². The third-order valence-electron chi connectivity index (χ3n) is 6.58. The highest BCUT2D eigenvalue weighted by Crippen LogP contribution is 2.46. The maximum atomic E-state index is 13.4. The number of non-ortho nitro benzene ring substituents is 1. The Hall–Kier alpha value is -3.93. The van der Waals surface area contributed by atoms with Crippen molar-refractivity contribution in [1.29, 1.82) is 0 Å². The highest BCUT2D eigenvalue weighted by Gasteiger charge is 2.71. The Labute approximate surface area is 201 Å². The molecule has 3 aliphatic rings. The summed E-state index contributed by atoms with van der Waals surface area (Å²) < 4.78 is 17.5. The van der Waals surface area contributed by atoms with Crippen LogP contribution in [-0.4, -0.2) is 64.8 Å². The molecule has 0 aromatic heterocycles. The molecule has 3 heterocycles. The number of nitro groups is 1. The minimum absolute atomic E-state index is 0.111. The number of fused-ring (bicyclic) bond motifs is 2. The molecule has 180 valence electrons. The van der Waals surface area contributed by atoms with Crippen molar-refractivity contribution < 1.29 is 33.0 Å². The van der Waals surface area contributed by atoms with Gasteiger partial charge in [0.15, 0.2) is 6.04 Å². The number of ether oxygens (including phenoxy) is 1. The molecular weight excluding hydrogens is 478 g/mol. The van der Waals surface area contributed by atoms with E-state index in [1.165, 1.54) is 36.4 Å². The largest absolute Gasteiger partial charge is 0.459 e. The number of carbonyl (C=O) groups is 4. The monoisotopic (exact) mass is 497 g/mol. The Morgan fingerprint density at radius 1 is 1.06 bits per heavy atom. The molecule has 2 aromatic carbocycles. The van der Waals surface area contributed by atoms with Gasteiger partial charge in [-0.1, -0.05) is 12.1 Å². The van der Waals surface area contributed by atoms with E-state index in [0.29, 0.717) is 5.56 Å². The van der Waals surface area contributed by atoms with E-state index in [1.807, 2.05) is 0 Å². The van der Waals surface area contributed by atoms with Crippen molar-refractivity contribution in [3.8, 4) is 0 Å². The SMILES string of the molecule is CC1(C)C(C(=O)OCc2ccc([N+](=O)[O-])cc2)N2C(=O)[C@@H](N3C(=O)c4ccccc4C3=O)[C@@H]2S1=O. The summed E-state index contributed by atoms with van der Waals surface area (Å²) in [4.78, 5) is 64.2. The average Bonchev–Trinajstić information content (AvgIpc) is 3.18. The molecule has 0 radical (unpaired) electrons. The first-order chi connectivity index (χ1) is 16.6. The zero-order chi connectivity index (χ0) is 25.2. The van der Waals surface area contributed by atoms with Gasteiger partial charge in [-0.05, 0) is 43.7 Å². The molecular formula is C23H19N3O8S. The van der Waals surface area contributed by atoms with Crippen LogP contribution in [-0.2, 0) is 31.7 Å². The van der Waals surface area contributed by atoms with Crippen molar-refractivity contribution in [2.24, 2.45) is 0 Å². The summed E-state index contributed by atoms with van der Waals surface area (Å²) in [6.45, 7) is 2.92. The predicted molar refractivity (Wildman–Crippen MR) is 120 cm³/mol. The van der Waals surface area contributed by atoms with E-state index in [4.69, 9.17) is 4.74 Å². The summed E-state index contributed by atoms with van der Waals surface area (Å²) in [6, 6.07) is 9.18. The van der Waals surface area contributed by atoms with Gasteiger partial charge in [-0.3, -0.25) is 33.6 Å². The second-order valence-electron chi connectivity index (χ2n) is 8.94. The first-order valence-electron chi connectivity index (χ1n) is 10.7. The standard InChI is InChI=1S/C23H19N3O8S/c1-23(2)17(22(30)34-11-12-7-9-13(10-8-12)26(31)32)25-20(29)16(21(25)35(23)33)24-18(27)14-5-3-4-6-15(14)19(24)28/h3-10,16-17,21H,11H2,1-2H3/t16-,17?,21+,35?/m1/s1. The van der Waals surface area contributed by atoms with Gasteiger partial charge in [0.2, 0.25) is 0 Å². The fraction of sp³-hybridized carbons (Fsp3) is 0.304. The molecule has 0 aliphatic carbocycles. The van der Waals surface area contributed by atoms with Crippen molar-refractivity contribution in [1.82, 2.24) is 9.80 Å². The fourth-order valence-electron chi connectivity index (χ4n) is 4.76. The van der Waals surface area contributed by atoms with Gasteiger partial charge in [-0.25, -0.2) is 4.79 Å². The molecule has 0 bridgehead atoms. The summed E-state index contributed by atoms with van der Waals surface area (Å²) >= 11 is 0. The van der Waals surface area contributed by atoms with Crippen LogP contribution in [0.5, 0.6) is 0 Å². The van der Waals surface area contributed by atoms with Crippen LogP contribution in [0.4, 0.5) is 5.69 Å². The lowest BCUT2D eigenvalue weighted by Crippen LogP contribution is -2.72. The number of esters is 1. The third-order valence-corrected chi connectivity index (χ3v) is 8.77. The topological polar surface area (TPSA) is 144 Å². The normalized spacial score (nSPS) is 26.3. The van der Waals surface area contributed by atoms with Gasteiger partial charge in [0.05, 0.1) is 31.6 Å². The van der Waals surface area contributed by atoms with Gasteiger partial charge in [-0.15, -0.1) is 0 Å². The fourth-order valence-corrected chi connectivity index (χ4v) is 6.72. The number of benzene rings is 2. The van der Waals surface area contributed by atoms with Gasteiger partial charge in [-0.2, -0.15) is 0 Å². The van der Waals surface area contributed by atoms with Crippen molar-refractivity contribution in [3.05, 3.63) is 75.3 Å². The number of amides is 3. The van der Waals surface area contributed by atoms with E-state index in [0.717, 1.165) is 9.80 Å². The quantitative estimate of drug-likeness (QED) is 0.198. The first kappa shape index (κ1) is 22.8. The van der Waals surface area contributed by atoms with E-state index in [1.54, 1.807) is 26.0 Å². The Morgan fingerprint density at radius 3 is 2.17 bits per heavy atom. The maximum absolute atomic E-state index is 13.4. The number of β-lactam (4-membered cyclic amide) rings is 1. The van der Waals surface area contributed by atoms with Crippen molar-refractivity contribution in [2.75, 3.05) is 0 Å². The zero-order valence-corrected chi connectivity index (χ0v) is 19.4. The number of imide groups is 1. The minimum Gasteiger partial charge on any atom is -0.459 e. The number of hydrogen-bond acceptors (Lipinski definition) is 8. The highest BCUT2D eigenvalue weighted by atomic mass is 32.2. The second-order valence-corrected chi connectivity index (χ2v) is 11.1. The Bertz CT molecular complexity index is 1300. The lowest BCUT2D eigenvalue weighted by Gasteiger charge is -2.46. The molecule has 3 amide bonds. The summed E-state index contributed by atoms with van der Waals surface area (Å²) in [7, 11) is -1.79. The van der Waals surface area contributed by atoms with Crippen molar-refractivity contribution in [3.63, 3.8) is 0 Å². The van der Waals surface area contributed by atoms with E-state index >= 15 is 0 Å². The Kier molecular flexibility index (Phi) is 5.09. The molecule has 12 heteroatoms. The summed E-state index contributed by atoms with van der Waals surface area (Å²) in [5.74, 6) is -2.72. The Morgan fingerprint density at radius 2 is 1.63 bits per heavy atom. The Balaban J connectivity index is 1.36. The summed E-state index contributed by atoms with van der Waals surface area (Å²) in [5.41, 5.74) is 0.730. The third kappa shape index (κ3) is 3.20. The molecule has 0 N–H and O–H groups in total. The van der Waals surface area contributed by atoms with Crippen LogP contribution in [0.1, 0.15) is 40.1 Å². The molecule has 4 atom stereocenters. The predicted octanol–water partition coefficient (Wildman–Crippen LogP) is 1.38. The lowest BCUT2D eigenvalue weighted by molar-refractivity contribution is -0.384. The van der Waals surface area contributed by atoms with E-state index < -0.39 is 61.6 Å². The van der Waals surface area contributed by atoms with Crippen molar-refractivity contribution >= 4 is 40.2 Å². The molecule has 3 aliphatic heterocycles. The van der Waals surface area contributed by atoms with Gasteiger partial charge in [0.25, 0.3) is 23.4 Å². The van der Waals surface area contributed by atoms with Crippen LogP contribution in [0, 0.1) is 10.1 Å². The molecule has 11 nitrogen and oxygen atoms in total. The van der Waals surface area contributed by atoms with Crippen LogP contribution in [0.2, 0.25) is 0 Å². The number of nitro benzene ring substituents is 1. The summed E-state index contributed by atoms with van der Waals surface area (Å²) in [6.07, 6.45) is 0. The molecule has 0 saturated carbocycles. The smallest absolute Gasteiger partial charge is 0.330 e. The van der Waals surface area contributed by atoms with Crippen LogP contribution < -0.4 is 0 Å². The second kappa shape index (κ2) is 7.80. The maximum Gasteiger partial charge on any atom is 0.330 e. The molecule has 5 rings (SSSR count). The number of nitrogens with zero attached hydrogens (tertiary/aromatic N) is 3. The minimum atomic E-state index is -1.79. The molecule has 0 spiro atoms. The summed E-state index contributed by atoms with van der Waals surface area (Å²) in [5, 5.41) is 9.76. The zero-order valence-electron chi connectivity index (χ0n) is 18.6. The molecule has 2 unspecified atom stereocenters. The van der Waals surface area contributed by atoms with Crippen LogP contribution in [0.3, 0.4) is 0 Å². The van der Waals surface area contributed by atoms with E-state index in [9.17, 15) is 33.5 Å². The lowest BCUT2D eigenvalue weighted by atomic mass is 9.95. The van der Waals surface area contributed by atoms with E-state index in [2.05, 4.69) is 0 Å². The molecule has 2 saturated heterocycles. The first-order valence-corrected chi connectivity index (χ1v) is 11.9. The van der Waals surface area contributed by atoms with Crippen LogP contribution in [0.15, 0.2) is 48.5 Å². The molecule has 2 aromatic rings. The van der Waals surface area contributed by atoms with E-state index in [-0.39, 0.29) is 23.4 Å². The molecule has 2 fully saturated rings. The van der Waals surface area contributed by atoms with Crippen LogP contribution in [0.25, 0.3) is 0 Å². The van der Waals surface area contributed by atoms with Gasteiger partial charge in [0.1, 0.15) is 18.0 Å². The molecule has 35 heavy (non-hydrogen) atoms. The van der Waals surface area contributed by atoms with Crippen LogP contribution >= 0.6 is 0 Å². The average molecular weight is 497 g/mol. The number of carbonyl (C=O) groups excluding carboxylic acids is 4. The van der Waals surface area contributed by atoms with Gasteiger partial charge >= 0.3 is 5.97 Å². The highest BCUT2D eigenvalue weighted by molar-refractivity contribution is 7.87. The number of hydrogen-bond donors (Lipinski definition) is 0. The van der Waals surface area contributed by atoms with Gasteiger partial charge < -0.3 is 9.64 Å². The number of rotatable bonds is 5.